The van der Waals surface area contributed by atoms with E-state index in [9.17, 15) is 9.59 Å². The molecular formula is C24H29NO3. The maximum Gasteiger partial charge on any atom is 0.316 e. The van der Waals surface area contributed by atoms with Gasteiger partial charge in [-0.25, -0.2) is 0 Å². The Kier molecular flexibility index (Phi) is 6.50. The topological polar surface area (TPSA) is 46.6 Å². The van der Waals surface area contributed by atoms with Crippen LogP contribution in [0.15, 0.2) is 60.7 Å². The molecule has 0 saturated carbocycles. The fourth-order valence-corrected chi connectivity index (χ4v) is 4.30. The van der Waals surface area contributed by atoms with Crippen molar-refractivity contribution in [1.82, 2.24) is 4.90 Å². The number of likely N-dealkylation sites (tertiary alicyclic amines) is 1. The molecule has 148 valence electrons. The van der Waals surface area contributed by atoms with Crippen LogP contribution in [0.5, 0.6) is 0 Å². The van der Waals surface area contributed by atoms with E-state index >= 15 is 0 Å². The van der Waals surface area contributed by atoms with Crippen LogP contribution in [-0.2, 0) is 19.7 Å². The first-order chi connectivity index (χ1) is 13.6. The second kappa shape index (κ2) is 9.05. The van der Waals surface area contributed by atoms with Crippen molar-refractivity contribution in [3.05, 3.63) is 71.8 Å². The van der Waals surface area contributed by atoms with E-state index in [-0.39, 0.29) is 17.8 Å². The molecule has 3 rings (SSSR count). The number of ether oxygens (including phenoxy) is 1. The summed E-state index contributed by atoms with van der Waals surface area (Å²) in [5, 5.41) is 0. The molecule has 4 heteroatoms. The molecule has 0 spiro atoms. The van der Waals surface area contributed by atoms with Crippen LogP contribution in [0.4, 0.5) is 0 Å². The quantitative estimate of drug-likeness (QED) is 0.703. The monoisotopic (exact) mass is 379 g/mol. The normalized spacial score (nSPS) is 17.0. The van der Waals surface area contributed by atoms with Gasteiger partial charge in [0.1, 0.15) is 0 Å². The Morgan fingerprint density at radius 3 is 2.11 bits per heavy atom. The molecular weight excluding hydrogens is 350 g/mol. The van der Waals surface area contributed by atoms with Crippen molar-refractivity contribution in [2.45, 2.75) is 43.9 Å². The molecule has 1 aliphatic rings. The van der Waals surface area contributed by atoms with Crippen LogP contribution >= 0.6 is 0 Å². The van der Waals surface area contributed by atoms with Crippen LogP contribution < -0.4 is 0 Å². The standard InChI is InChI=1S/C24H29NO3/c1-3-10-21(19-11-6-4-7-12-19)22(26)25-17-15-24(16-18-25,23(27)28-2)20-13-8-5-9-14-20/h4-9,11-14,21H,3,10,15-18H2,1-2H3. The first-order valence-corrected chi connectivity index (χ1v) is 10.1. The summed E-state index contributed by atoms with van der Waals surface area (Å²) in [7, 11) is 1.44. The SMILES string of the molecule is CCCC(C(=O)N1CCC(C(=O)OC)(c2ccccc2)CC1)c1ccccc1. The lowest BCUT2D eigenvalue weighted by atomic mass is 9.72. The Bertz CT molecular complexity index is 780. The molecule has 0 bridgehead atoms. The Morgan fingerprint density at radius 1 is 1.00 bits per heavy atom. The molecule has 1 heterocycles. The highest BCUT2D eigenvalue weighted by molar-refractivity contribution is 5.86. The van der Waals surface area contributed by atoms with E-state index in [1.807, 2.05) is 65.6 Å². The third-order valence-corrected chi connectivity index (χ3v) is 5.91. The van der Waals surface area contributed by atoms with Gasteiger partial charge in [-0.15, -0.1) is 0 Å². The van der Waals surface area contributed by atoms with Crippen molar-refractivity contribution >= 4 is 11.9 Å². The molecule has 2 aromatic rings. The second-order valence-electron chi connectivity index (χ2n) is 7.52. The van der Waals surface area contributed by atoms with Gasteiger partial charge in [0.15, 0.2) is 0 Å². The first-order valence-electron chi connectivity index (χ1n) is 10.1. The van der Waals surface area contributed by atoms with E-state index < -0.39 is 5.41 Å². The highest BCUT2D eigenvalue weighted by Crippen LogP contribution is 2.38. The zero-order valence-electron chi connectivity index (χ0n) is 16.8. The highest BCUT2D eigenvalue weighted by atomic mass is 16.5. The molecule has 0 N–H and O–H groups in total. The highest BCUT2D eigenvalue weighted by Gasteiger charge is 2.45. The van der Waals surface area contributed by atoms with Crippen LogP contribution in [0.1, 0.15) is 49.7 Å². The van der Waals surface area contributed by atoms with Crippen LogP contribution in [0.3, 0.4) is 0 Å². The molecule has 1 atom stereocenters. The first kappa shape index (κ1) is 20.1. The predicted octanol–water partition coefficient (Wildman–Crippen LogP) is 4.30. The van der Waals surface area contributed by atoms with Crippen molar-refractivity contribution in [3.8, 4) is 0 Å². The summed E-state index contributed by atoms with van der Waals surface area (Å²) in [6, 6.07) is 19.8. The van der Waals surface area contributed by atoms with Gasteiger partial charge in [0, 0.05) is 13.1 Å². The number of nitrogens with zero attached hydrogens (tertiary/aromatic N) is 1. The molecule has 1 fully saturated rings. The molecule has 1 unspecified atom stereocenters. The smallest absolute Gasteiger partial charge is 0.316 e. The average molecular weight is 380 g/mol. The van der Waals surface area contributed by atoms with Gasteiger partial charge in [-0.05, 0) is 30.4 Å². The van der Waals surface area contributed by atoms with Crippen molar-refractivity contribution in [2.75, 3.05) is 20.2 Å². The lowest BCUT2D eigenvalue weighted by Gasteiger charge is -2.41. The van der Waals surface area contributed by atoms with Gasteiger partial charge in [-0.1, -0.05) is 74.0 Å². The van der Waals surface area contributed by atoms with E-state index in [0.29, 0.717) is 25.9 Å². The summed E-state index contributed by atoms with van der Waals surface area (Å²) in [6.45, 7) is 3.24. The summed E-state index contributed by atoms with van der Waals surface area (Å²) < 4.78 is 5.16. The molecule has 1 saturated heterocycles. The van der Waals surface area contributed by atoms with E-state index in [2.05, 4.69) is 6.92 Å². The summed E-state index contributed by atoms with van der Waals surface area (Å²) >= 11 is 0. The number of esters is 1. The number of carbonyl (C=O) groups excluding carboxylic acids is 2. The molecule has 0 radical (unpaired) electrons. The van der Waals surface area contributed by atoms with Gasteiger partial charge < -0.3 is 9.64 Å². The molecule has 2 aromatic carbocycles. The Hall–Kier alpha value is -2.62. The molecule has 4 nitrogen and oxygen atoms in total. The van der Waals surface area contributed by atoms with Gasteiger partial charge in [-0.3, -0.25) is 9.59 Å². The molecule has 0 aromatic heterocycles. The predicted molar refractivity (Wildman–Crippen MR) is 110 cm³/mol. The summed E-state index contributed by atoms with van der Waals surface area (Å²) in [5.74, 6) is -0.160. The maximum atomic E-state index is 13.3. The third kappa shape index (κ3) is 3.96. The molecule has 1 aliphatic heterocycles. The minimum absolute atomic E-state index is 0.117. The fourth-order valence-electron chi connectivity index (χ4n) is 4.30. The largest absolute Gasteiger partial charge is 0.468 e. The Labute approximate surface area is 167 Å². The second-order valence-corrected chi connectivity index (χ2v) is 7.52. The van der Waals surface area contributed by atoms with E-state index in [1.54, 1.807) is 0 Å². The lowest BCUT2D eigenvalue weighted by Crippen LogP contribution is -2.50. The fraction of sp³-hybridized carbons (Fsp3) is 0.417. The number of carbonyl (C=O) groups is 2. The van der Waals surface area contributed by atoms with Gasteiger partial charge in [0.25, 0.3) is 0 Å². The zero-order chi connectivity index (χ0) is 20.0. The van der Waals surface area contributed by atoms with Crippen LogP contribution in [-0.4, -0.2) is 37.0 Å². The van der Waals surface area contributed by atoms with Crippen LogP contribution in [0.2, 0.25) is 0 Å². The van der Waals surface area contributed by atoms with Crippen LogP contribution in [0, 0.1) is 0 Å². The number of piperidine rings is 1. The summed E-state index contributed by atoms with van der Waals surface area (Å²) in [6.07, 6.45) is 2.96. The Morgan fingerprint density at radius 2 is 1.57 bits per heavy atom. The van der Waals surface area contributed by atoms with Gasteiger partial charge in [0.2, 0.25) is 5.91 Å². The van der Waals surface area contributed by atoms with Crippen molar-refractivity contribution < 1.29 is 14.3 Å². The van der Waals surface area contributed by atoms with E-state index in [0.717, 1.165) is 24.0 Å². The number of hydrogen-bond acceptors (Lipinski definition) is 3. The zero-order valence-corrected chi connectivity index (χ0v) is 16.8. The van der Waals surface area contributed by atoms with Crippen molar-refractivity contribution in [2.24, 2.45) is 0 Å². The minimum atomic E-state index is -0.667. The molecule has 28 heavy (non-hydrogen) atoms. The third-order valence-electron chi connectivity index (χ3n) is 5.91. The van der Waals surface area contributed by atoms with Crippen molar-refractivity contribution in [3.63, 3.8) is 0 Å². The van der Waals surface area contributed by atoms with Gasteiger partial charge in [0.05, 0.1) is 18.4 Å². The maximum absolute atomic E-state index is 13.3. The average Bonchev–Trinajstić information content (AvgIpc) is 2.77. The summed E-state index contributed by atoms with van der Waals surface area (Å²) in [5.41, 5.74) is 1.38. The number of hydrogen-bond donors (Lipinski definition) is 0. The number of rotatable bonds is 6. The van der Waals surface area contributed by atoms with Crippen molar-refractivity contribution in [1.29, 1.82) is 0 Å². The van der Waals surface area contributed by atoms with E-state index in [4.69, 9.17) is 4.74 Å². The number of benzene rings is 2. The summed E-state index contributed by atoms with van der Waals surface area (Å²) in [4.78, 5) is 27.9. The minimum Gasteiger partial charge on any atom is -0.468 e. The lowest BCUT2D eigenvalue weighted by molar-refractivity contribution is -0.151. The van der Waals surface area contributed by atoms with E-state index in [1.165, 1.54) is 7.11 Å². The number of methoxy groups -OCH3 is 1. The van der Waals surface area contributed by atoms with Crippen LogP contribution in [0.25, 0.3) is 0 Å². The Balaban J connectivity index is 1.79. The van der Waals surface area contributed by atoms with Gasteiger partial charge in [-0.2, -0.15) is 0 Å². The molecule has 1 amide bonds. The van der Waals surface area contributed by atoms with Gasteiger partial charge >= 0.3 is 5.97 Å². The molecule has 0 aliphatic carbocycles. The number of amides is 1.